The lowest BCUT2D eigenvalue weighted by Crippen LogP contribution is -2.14. The molecule has 4 aromatic rings. The second-order valence-corrected chi connectivity index (χ2v) is 9.93. The number of nitrogens with one attached hydrogen (secondary N) is 4. The third-order valence-electron chi connectivity index (χ3n) is 7.01. The summed E-state index contributed by atoms with van der Waals surface area (Å²) in [7, 11) is 0. The average Bonchev–Trinajstić information content (AvgIpc) is 3.39. The minimum atomic E-state index is -4.56. The molecule has 0 bridgehead atoms. The highest BCUT2D eigenvalue weighted by Crippen LogP contribution is 2.37. The van der Waals surface area contributed by atoms with Gasteiger partial charge >= 0.3 is 12.1 Å². The number of fused-ring (bicyclic) bond motifs is 1. The molecule has 0 saturated heterocycles. The van der Waals surface area contributed by atoms with Gasteiger partial charge in [0.05, 0.1) is 22.4 Å². The van der Waals surface area contributed by atoms with E-state index in [1.165, 1.54) is 12.1 Å². The van der Waals surface area contributed by atoms with Gasteiger partial charge in [0.15, 0.2) is 0 Å². The largest absolute Gasteiger partial charge is 0.478 e. The predicted octanol–water partition coefficient (Wildman–Crippen LogP) is 7.15. The zero-order valence-corrected chi connectivity index (χ0v) is 22.7. The molecule has 0 atom stereocenters. The van der Waals surface area contributed by atoms with Crippen LogP contribution in [0, 0.1) is 20.8 Å². The molecule has 8 nitrogen and oxygen atoms in total. The van der Waals surface area contributed by atoms with Crippen molar-refractivity contribution in [3.05, 3.63) is 105 Å². The molecule has 0 spiro atoms. The predicted molar refractivity (Wildman–Crippen MR) is 154 cm³/mol. The normalized spacial score (nSPS) is 13.6. The molecule has 0 unspecified atom stereocenters. The van der Waals surface area contributed by atoms with Crippen LogP contribution in [0.3, 0.4) is 0 Å². The molecular weight excluding hydrogens is 549 g/mol. The number of hydrogen-bond donors (Lipinski definition) is 5. The van der Waals surface area contributed by atoms with Crippen molar-refractivity contribution in [1.29, 1.82) is 0 Å². The summed E-state index contributed by atoms with van der Waals surface area (Å²) in [6.07, 6.45) is -2.93. The van der Waals surface area contributed by atoms with E-state index in [0.29, 0.717) is 50.8 Å². The first-order valence-corrected chi connectivity index (χ1v) is 12.8. The van der Waals surface area contributed by atoms with Crippen LogP contribution in [-0.2, 0) is 11.0 Å². The lowest BCUT2D eigenvalue weighted by atomic mass is 10.0. The third kappa shape index (κ3) is 5.49. The van der Waals surface area contributed by atoms with Crippen LogP contribution in [-0.4, -0.2) is 27.9 Å². The molecule has 1 aromatic heterocycles. The average molecular weight is 575 g/mol. The summed E-state index contributed by atoms with van der Waals surface area (Å²) in [6.45, 7) is 5.19. The lowest BCUT2D eigenvalue weighted by Gasteiger charge is -2.14. The molecule has 42 heavy (non-hydrogen) atoms. The zero-order chi connectivity index (χ0) is 30.3. The Morgan fingerprint density at radius 1 is 0.952 bits per heavy atom. The van der Waals surface area contributed by atoms with Crippen LogP contribution < -0.4 is 16.0 Å². The summed E-state index contributed by atoms with van der Waals surface area (Å²) in [6, 6.07) is 14.5. The van der Waals surface area contributed by atoms with Crippen LogP contribution in [0.15, 0.2) is 60.7 Å². The number of amides is 2. The van der Waals surface area contributed by atoms with Crippen LogP contribution in [0.2, 0.25) is 0 Å². The third-order valence-corrected chi connectivity index (χ3v) is 7.01. The molecule has 0 fully saturated rings. The minimum Gasteiger partial charge on any atom is -0.478 e. The number of halogens is 3. The summed E-state index contributed by atoms with van der Waals surface area (Å²) in [5.74, 6) is -2.06. The van der Waals surface area contributed by atoms with E-state index < -0.39 is 23.6 Å². The van der Waals surface area contributed by atoms with Gasteiger partial charge in [-0.1, -0.05) is 18.2 Å². The summed E-state index contributed by atoms with van der Waals surface area (Å²) in [5, 5.41) is 18.2. The number of aryl methyl sites for hydroxylation is 2. The van der Waals surface area contributed by atoms with Crippen molar-refractivity contribution in [1.82, 2.24) is 4.98 Å². The van der Waals surface area contributed by atoms with Gasteiger partial charge in [-0.3, -0.25) is 9.59 Å². The van der Waals surface area contributed by atoms with Gasteiger partial charge in [-0.05, 0) is 80.4 Å². The molecule has 214 valence electrons. The van der Waals surface area contributed by atoms with Gasteiger partial charge in [0.2, 0.25) is 0 Å². The van der Waals surface area contributed by atoms with Gasteiger partial charge in [0.25, 0.3) is 11.8 Å². The second-order valence-electron chi connectivity index (χ2n) is 9.93. The fraction of sp³-hybridized carbons (Fsp3) is 0.129. The SMILES string of the molecule is Cc1ccc(NC(=O)c2cccc(C(F)(F)F)c2)cc1Nc1ccc2c(c1)NC(=O)/C2=C\c1[nH]c(C)c(C(=O)O)c1C. The molecule has 5 rings (SSSR count). The summed E-state index contributed by atoms with van der Waals surface area (Å²) in [4.78, 5) is 40.1. The number of benzene rings is 3. The Bertz CT molecular complexity index is 1800. The van der Waals surface area contributed by atoms with Gasteiger partial charge in [-0.2, -0.15) is 13.2 Å². The zero-order valence-electron chi connectivity index (χ0n) is 22.7. The number of carboxylic acids is 1. The van der Waals surface area contributed by atoms with E-state index in [1.807, 2.05) is 6.92 Å². The number of rotatable bonds is 6. The number of hydrogen-bond acceptors (Lipinski definition) is 4. The number of aromatic amines is 1. The van der Waals surface area contributed by atoms with E-state index in [4.69, 9.17) is 0 Å². The lowest BCUT2D eigenvalue weighted by molar-refractivity contribution is -0.137. The van der Waals surface area contributed by atoms with Crippen LogP contribution in [0.25, 0.3) is 11.6 Å². The van der Waals surface area contributed by atoms with E-state index in [2.05, 4.69) is 20.9 Å². The molecule has 1 aliphatic rings. The van der Waals surface area contributed by atoms with E-state index >= 15 is 0 Å². The van der Waals surface area contributed by atoms with E-state index in [1.54, 1.807) is 56.3 Å². The van der Waals surface area contributed by atoms with Crippen molar-refractivity contribution >= 4 is 52.2 Å². The molecule has 3 aromatic carbocycles. The Morgan fingerprint density at radius 3 is 2.38 bits per heavy atom. The van der Waals surface area contributed by atoms with Crippen LogP contribution in [0.4, 0.5) is 35.9 Å². The monoisotopic (exact) mass is 574 g/mol. The highest BCUT2D eigenvalue weighted by Gasteiger charge is 2.31. The van der Waals surface area contributed by atoms with Gasteiger partial charge in [0.1, 0.15) is 0 Å². The van der Waals surface area contributed by atoms with Crippen LogP contribution in [0.5, 0.6) is 0 Å². The van der Waals surface area contributed by atoms with Crippen molar-refractivity contribution in [2.75, 3.05) is 16.0 Å². The molecule has 0 radical (unpaired) electrons. The fourth-order valence-corrected chi connectivity index (χ4v) is 4.83. The van der Waals surface area contributed by atoms with Crippen molar-refractivity contribution in [3.63, 3.8) is 0 Å². The van der Waals surface area contributed by atoms with Gasteiger partial charge in [0, 0.05) is 39.6 Å². The molecule has 0 aliphatic carbocycles. The number of carbonyl (C=O) groups excluding carboxylic acids is 2. The number of H-pyrrole nitrogens is 1. The molecule has 0 saturated carbocycles. The Labute approximate surface area is 238 Å². The Hall–Kier alpha value is -5.32. The first kappa shape index (κ1) is 28.2. The van der Waals surface area contributed by atoms with Crippen LogP contribution in [0.1, 0.15) is 54.4 Å². The van der Waals surface area contributed by atoms with E-state index in [-0.39, 0.29) is 17.0 Å². The number of aromatic carboxylic acids is 1. The number of anilines is 4. The molecule has 11 heteroatoms. The van der Waals surface area contributed by atoms with Crippen molar-refractivity contribution in [2.45, 2.75) is 26.9 Å². The minimum absolute atomic E-state index is 0.123. The Kier molecular flexibility index (Phi) is 7.11. The molecule has 2 amide bonds. The smallest absolute Gasteiger partial charge is 0.416 e. The maximum atomic E-state index is 13.1. The highest BCUT2D eigenvalue weighted by atomic mass is 19.4. The van der Waals surface area contributed by atoms with Gasteiger partial charge < -0.3 is 26.0 Å². The van der Waals surface area contributed by atoms with Crippen molar-refractivity contribution < 1.29 is 32.7 Å². The van der Waals surface area contributed by atoms with E-state index in [0.717, 1.165) is 17.7 Å². The van der Waals surface area contributed by atoms with Crippen LogP contribution >= 0.6 is 0 Å². The molecular formula is C31H25F3N4O4. The maximum Gasteiger partial charge on any atom is 0.416 e. The number of aromatic nitrogens is 1. The van der Waals surface area contributed by atoms with Gasteiger partial charge in [-0.15, -0.1) is 0 Å². The topological polar surface area (TPSA) is 123 Å². The van der Waals surface area contributed by atoms with Crippen molar-refractivity contribution in [2.24, 2.45) is 0 Å². The molecule has 5 N–H and O–H groups in total. The Morgan fingerprint density at radius 2 is 1.69 bits per heavy atom. The summed E-state index contributed by atoms with van der Waals surface area (Å²) < 4.78 is 39.2. The first-order chi connectivity index (χ1) is 19.8. The quantitative estimate of drug-likeness (QED) is 0.157. The van der Waals surface area contributed by atoms with Crippen molar-refractivity contribution in [3.8, 4) is 0 Å². The second kappa shape index (κ2) is 10.6. The van der Waals surface area contributed by atoms with E-state index in [9.17, 15) is 32.7 Å². The summed E-state index contributed by atoms with van der Waals surface area (Å²) >= 11 is 0. The fourth-order valence-electron chi connectivity index (χ4n) is 4.83. The standard InChI is InChI=1S/C31H25F3N4O4/c1-15-7-8-21(37-28(39)18-5-4-6-19(11-18)31(32,33)34)12-24(15)36-20-9-10-22-23(29(40)38-26(22)13-20)14-25-16(2)27(30(41)42)17(3)35-25/h4-14,35-36H,1-3H3,(H,37,39)(H,38,40)(H,41,42)/b23-14-. The molecule has 1 aliphatic heterocycles. The summed E-state index contributed by atoms with van der Waals surface area (Å²) in [5.41, 5.74) is 4.77. The maximum absolute atomic E-state index is 13.1. The van der Waals surface area contributed by atoms with Gasteiger partial charge in [-0.25, -0.2) is 4.79 Å². The number of alkyl halides is 3. The molecule has 2 heterocycles. The Balaban J connectivity index is 1.37. The first-order valence-electron chi connectivity index (χ1n) is 12.8. The number of carboxylic acid groups (broad SMARTS) is 1. The number of carbonyl (C=O) groups is 3. The highest BCUT2D eigenvalue weighted by molar-refractivity contribution is 6.35.